The van der Waals surface area contributed by atoms with Crippen molar-refractivity contribution in [2.24, 2.45) is 5.41 Å². The maximum absolute atomic E-state index is 5.66. The van der Waals surface area contributed by atoms with Crippen LogP contribution in [-0.4, -0.2) is 25.8 Å². The molecule has 1 aliphatic heterocycles. The molecule has 0 bridgehead atoms. The first-order chi connectivity index (χ1) is 5.17. The zero-order chi connectivity index (χ0) is 8.32. The van der Waals surface area contributed by atoms with Gasteiger partial charge in [0.1, 0.15) is 0 Å². The molecule has 1 saturated heterocycles. The van der Waals surface area contributed by atoms with Gasteiger partial charge in [0, 0.05) is 18.6 Å². The van der Waals surface area contributed by atoms with Crippen molar-refractivity contribution in [1.29, 1.82) is 0 Å². The second-order valence-corrected chi connectivity index (χ2v) is 3.90. The number of piperidine rings is 1. The second-order valence-electron chi connectivity index (χ2n) is 3.90. The zero-order valence-corrected chi connectivity index (χ0v) is 9.04. The van der Waals surface area contributed by atoms with E-state index in [1.165, 1.54) is 0 Å². The van der Waals surface area contributed by atoms with Crippen LogP contribution in [0.4, 0.5) is 0 Å². The van der Waals surface area contributed by atoms with Gasteiger partial charge in [0.15, 0.2) is 0 Å². The monoisotopic (exact) mass is 193 g/mol. The lowest BCUT2D eigenvalue weighted by Gasteiger charge is -2.38. The standard InChI is InChI=1S/C9H19NO.ClH/c1-4-11-8-5-6-10-7-9(8,2)3;/h8,10H,4-7H2,1-3H3;1H. The van der Waals surface area contributed by atoms with Crippen LogP contribution in [-0.2, 0) is 4.74 Å². The molecule has 0 saturated carbocycles. The Morgan fingerprint density at radius 2 is 2.17 bits per heavy atom. The summed E-state index contributed by atoms with van der Waals surface area (Å²) >= 11 is 0. The maximum Gasteiger partial charge on any atom is 0.0650 e. The molecule has 0 spiro atoms. The van der Waals surface area contributed by atoms with E-state index in [2.05, 4.69) is 26.1 Å². The third-order valence-electron chi connectivity index (χ3n) is 2.40. The van der Waals surface area contributed by atoms with Gasteiger partial charge < -0.3 is 10.1 Å². The van der Waals surface area contributed by atoms with Crippen molar-refractivity contribution in [2.45, 2.75) is 33.3 Å². The molecule has 74 valence electrons. The fourth-order valence-electron chi connectivity index (χ4n) is 1.66. The summed E-state index contributed by atoms with van der Waals surface area (Å²) in [5, 5.41) is 3.38. The molecule has 12 heavy (non-hydrogen) atoms. The Bertz CT molecular complexity index is 126. The van der Waals surface area contributed by atoms with E-state index in [9.17, 15) is 0 Å². The Balaban J connectivity index is 0.00000121. The van der Waals surface area contributed by atoms with Crippen molar-refractivity contribution < 1.29 is 4.74 Å². The molecular weight excluding hydrogens is 174 g/mol. The van der Waals surface area contributed by atoms with Gasteiger partial charge in [-0.25, -0.2) is 0 Å². The van der Waals surface area contributed by atoms with Crippen molar-refractivity contribution in [3.8, 4) is 0 Å². The molecule has 0 aromatic rings. The normalized spacial score (nSPS) is 27.8. The van der Waals surface area contributed by atoms with E-state index in [4.69, 9.17) is 4.74 Å². The molecule has 0 aromatic carbocycles. The average molecular weight is 194 g/mol. The third kappa shape index (κ3) is 2.92. The highest BCUT2D eigenvalue weighted by atomic mass is 35.5. The quantitative estimate of drug-likeness (QED) is 0.723. The predicted molar refractivity (Wildman–Crippen MR) is 53.9 cm³/mol. The van der Waals surface area contributed by atoms with Crippen LogP contribution in [0.1, 0.15) is 27.2 Å². The highest BCUT2D eigenvalue weighted by Gasteiger charge is 2.32. The van der Waals surface area contributed by atoms with Gasteiger partial charge in [-0.2, -0.15) is 0 Å². The lowest BCUT2D eigenvalue weighted by Crippen LogP contribution is -2.47. The first-order valence-corrected chi connectivity index (χ1v) is 4.49. The molecule has 1 unspecified atom stereocenters. The number of rotatable bonds is 2. The molecule has 0 aromatic heterocycles. The Kier molecular flexibility index (Phi) is 5.14. The largest absolute Gasteiger partial charge is 0.378 e. The summed E-state index contributed by atoms with van der Waals surface area (Å²) in [6.45, 7) is 9.62. The summed E-state index contributed by atoms with van der Waals surface area (Å²) in [5.41, 5.74) is 0.314. The number of hydrogen-bond acceptors (Lipinski definition) is 2. The molecule has 0 aliphatic carbocycles. The third-order valence-corrected chi connectivity index (χ3v) is 2.40. The zero-order valence-electron chi connectivity index (χ0n) is 8.22. The topological polar surface area (TPSA) is 21.3 Å². The van der Waals surface area contributed by atoms with Gasteiger partial charge in [0.05, 0.1) is 6.10 Å². The van der Waals surface area contributed by atoms with Gasteiger partial charge in [0.2, 0.25) is 0 Å². The van der Waals surface area contributed by atoms with Crippen LogP contribution in [0.25, 0.3) is 0 Å². The first kappa shape index (κ1) is 12.2. The summed E-state index contributed by atoms with van der Waals surface area (Å²) in [7, 11) is 0. The predicted octanol–water partition coefficient (Wildman–Crippen LogP) is 1.83. The maximum atomic E-state index is 5.66. The molecule has 1 rings (SSSR count). The Labute approximate surface area is 81.5 Å². The molecule has 2 nitrogen and oxygen atoms in total. The van der Waals surface area contributed by atoms with Gasteiger partial charge in [-0.15, -0.1) is 12.4 Å². The summed E-state index contributed by atoms with van der Waals surface area (Å²) < 4.78 is 5.66. The van der Waals surface area contributed by atoms with Gasteiger partial charge >= 0.3 is 0 Å². The van der Waals surface area contributed by atoms with E-state index < -0.39 is 0 Å². The fraction of sp³-hybridized carbons (Fsp3) is 1.00. The minimum absolute atomic E-state index is 0. The first-order valence-electron chi connectivity index (χ1n) is 4.49. The highest BCUT2D eigenvalue weighted by molar-refractivity contribution is 5.85. The smallest absolute Gasteiger partial charge is 0.0650 e. The van der Waals surface area contributed by atoms with Crippen LogP contribution >= 0.6 is 12.4 Å². The number of halogens is 1. The molecule has 1 aliphatic rings. The van der Waals surface area contributed by atoms with Crippen LogP contribution in [0, 0.1) is 5.41 Å². The van der Waals surface area contributed by atoms with Gasteiger partial charge in [-0.3, -0.25) is 0 Å². The van der Waals surface area contributed by atoms with Crippen LogP contribution in [0.2, 0.25) is 0 Å². The lowest BCUT2D eigenvalue weighted by atomic mass is 9.82. The summed E-state index contributed by atoms with van der Waals surface area (Å²) in [4.78, 5) is 0. The van der Waals surface area contributed by atoms with Crippen molar-refractivity contribution in [2.75, 3.05) is 19.7 Å². The van der Waals surface area contributed by atoms with Crippen molar-refractivity contribution in [1.82, 2.24) is 5.32 Å². The molecule has 3 heteroatoms. The Morgan fingerprint density at radius 1 is 1.50 bits per heavy atom. The van der Waals surface area contributed by atoms with E-state index in [0.717, 1.165) is 26.1 Å². The number of ether oxygens (including phenoxy) is 1. The molecular formula is C9H20ClNO. The van der Waals surface area contributed by atoms with Crippen LogP contribution in [0.15, 0.2) is 0 Å². The summed E-state index contributed by atoms with van der Waals surface area (Å²) in [6.07, 6.45) is 1.61. The van der Waals surface area contributed by atoms with Crippen molar-refractivity contribution in [3.63, 3.8) is 0 Å². The Morgan fingerprint density at radius 3 is 2.67 bits per heavy atom. The van der Waals surface area contributed by atoms with Crippen LogP contribution < -0.4 is 5.32 Å². The van der Waals surface area contributed by atoms with Crippen LogP contribution in [0.5, 0.6) is 0 Å². The van der Waals surface area contributed by atoms with Crippen molar-refractivity contribution in [3.05, 3.63) is 0 Å². The van der Waals surface area contributed by atoms with Gasteiger partial charge in [-0.1, -0.05) is 13.8 Å². The summed E-state index contributed by atoms with van der Waals surface area (Å²) in [6, 6.07) is 0. The minimum Gasteiger partial charge on any atom is -0.378 e. The van der Waals surface area contributed by atoms with E-state index in [-0.39, 0.29) is 12.4 Å². The average Bonchev–Trinajstić information content (AvgIpc) is 1.94. The lowest BCUT2D eigenvalue weighted by molar-refractivity contribution is -0.0372. The van der Waals surface area contributed by atoms with Crippen LogP contribution in [0.3, 0.4) is 0 Å². The number of nitrogens with one attached hydrogen (secondary N) is 1. The molecule has 1 atom stereocenters. The van der Waals surface area contributed by atoms with E-state index in [0.29, 0.717) is 11.5 Å². The van der Waals surface area contributed by atoms with E-state index >= 15 is 0 Å². The van der Waals surface area contributed by atoms with Gasteiger partial charge in [0.25, 0.3) is 0 Å². The number of hydrogen-bond donors (Lipinski definition) is 1. The van der Waals surface area contributed by atoms with E-state index in [1.807, 2.05) is 0 Å². The SMILES string of the molecule is CCOC1CCNCC1(C)C.Cl. The molecule has 1 fully saturated rings. The highest BCUT2D eigenvalue weighted by Crippen LogP contribution is 2.27. The molecule has 1 N–H and O–H groups in total. The van der Waals surface area contributed by atoms with Crippen molar-refractivity contribution >= 4 is 12.4 Å². The molecule has 0 radical (unpaired) electrons. The van der Waals surface area contributed by atoms with E-state index in [1.54, 1.807) is 0 Å². The molecule has 0 amide bonds. The summed E-state index contributed by atoms with van der Waals surface area (Å²) in [5.74, 6) is 0. The Hall–Kier alpha value is 0.210. The van der Waals surface area contributed by atoms with Gasteiger partial charge in [-0.05, 0) is 19.9 Å². The minimum atomic E-state index is 0. The fourth-order valence-corrected chi connectivity index (χ4v) is 1.66. The second kappa shape index (κ2) is 5.05. The molecule has 1 heterocycles.